The Morgan fingerprint density at radius 1 is 0.312 bits per heavy atom. The number of rotatable bonds is 7. The molecule has 0 unspecified atom stereocenters. The Morgan fingerprint density at radius 2 is 0.656 bits per heavy atom. The largest absolute Gasteiger partial charge is 0.208 e. The molecule has 0 spiro atoms. The Hall–Kier alpha value is -4.89. The van der Waals surface area contributed by atoms with Crippen LogP contribution >= 0.6 is 0 Å². The molecule has 2 aliphatic carbocycles. The fourth-order valence-corrected chi connectivity index (χ4v) is 9.89. The monoisotopic (exact) mass is 850 g/mol. The molecular formula is C61H75N3. The molecule has 2 aliphatic rings. The van der Waals surface area contributed by atoms with Crippen LogP contribution in [0, 0.1) is 0 Å². The van der Waals surface area contributed by atoms with Crippen molar-refractivity contribution in [2.45, 2.75) is 181 Å². The van der Waals surface area contributed by atoms with E-state index in [1.165, 1.54) is 109 Å². The van der Waals surface area contributed by atoms with Crippen molar-refractivity contribution in [1.29, 1.82) is 0 Å². The summed E-state index contributed by atoms with van der Waals surface area (Å²) in [6.07, 6.45) is 13.5. The number of benzene rings is 5. The minimum atomic E-state index is -0.0413. The van der Waals surface area contributed by atoms with E-state index >= 15 is 0 Å². The van der Waals surface area contributed by atoms with Crippen LogP contribution in [0.15, 0.2) is 103 Å². The van der Waals surface area contributed by atoms with Gasteiger partial charge in [0.2, 0.25) is 0 Å². The SMILES string of the molecule is CC(C)(C)c1cc(-c2nc(-c3ccc(-c4cccc(-c5cc(C6CCCCC6)cc(C6CCCCC6)c5)c4)cc3)nc(-c3cc(C(C)(C)C)cc(C(C)(C)C)c3)n2)cc(C(C)(C)C)c1. The lowest BCUT2D eigenvalue weighted by Gasteiger charge is -2.27. The molecule has 64 heavy (non-hydrogen) atoms. The summed E-state index contributed by atoms with van der Waals surface area (Å²) in [6, 6.07) is 39.7. The molecule has 0 radical (unpaired) electrons. The summed E-state index contributed by atoms with van der Waals surface area (Å²) in [5.41, 5.74) is 16.2. The van der Waals surface area contributed by atoms with E-state index in [2.05, 4.69) is 186 Å². The predicted molar refractivity (Wildman–Crippen MR) is 273 cm³/mol. The summed E-state index contributed by atoms with van der Waals surface area (Å²) in [7, 11) is 0. The van der Waals surface area contributed by atoms with Crippen molar-refractivity contribution in [3.05, 3.63) is 137 Å². The first kappa shape index (κ1) is 45.7. The van der Waals surface area contributed by atoms with Gasteiger partial charge < -0.3 is 0 Å². The second-order valence-corrected chi connectivity index (χ2v) is 23.6. The van der Waals surface area contributed by atoms with Crippen LogP contribution in [-0.4, -0.2) is 15.0 Å². The van der Waals surface area contributed by atoms with E-state index in [0.29, 0.717) is 29.3 Å². The van der Waals surface area contributed by atoms with E-state index in [1.807, 2.05) is 0 Å². The first-order chi connectivity index (χ1) is 30.2. The Kier molecular flexibility index (Phi) is 12.7. The van der Waals surface area contributed by atoms with Crippen molar-refractivity contribution >= 4 is 0 Å². The van der Waals surface area contributed by atoms with Crippen LogP contribution in [0.1, 0.15) is 193 Å². The standard InChI is InChI=1S/C61H75N3/c1-58(2,3)51-34-49(35-52(38-51)59(4,5)6)56-62-55(63-57(64-56)50-36-53(60(7,8)9)39-54(37-50)61(10,11)12)43-28-26-42(27-29-43)44-24-19-25-45(30-44)48-32-46(40-20-15-13-16-21-40)31-47(33-48)41-22-17-14-18-23-41/h19,24-41H,13-18,20-23H2,1-12H3. The second-order valence-electron chi connectivity index (χ2n) is 23.6. The van der Waals surface area contributed by atoms with Crippen molar-refractivity contribution in [3.63, 3.8) is 0 Å². The lowest BCUT2D eigenvalue weighted by molar-refractivity contribution is 0.435. The van der Waals surface area contributed by atoms with Gasteiger partial charge >= 0.3 is 0 Å². The summed E-state index contributed by atoms with van der Waals surface area (Å²) < 4.78 is 0. The number of hydrogen-bond donors (Lipinski definition) is 0. The molecule has 8 rings (SSSR count). The van der Waals surface area contributed by atoms with Gasteiger partial charge in [0.15, 0.2) is 17.5 Å². The molecule has 0 amide bonds. The molecule has 3 nitrogen and oxygen atoms in total. The molecule has 0 atom stereocenters. The quantitative estimate of drug-likeness (QED) is 0.161. The van der Waals surface area contributed by atoms with E-state index in [4.69, 9.17) is 15.0 Å². The molecule has 0 aliphatic heterocycles. The van der Waals surface area contributed by atoms with Crippen LogP contribution < -0.4 is 0 Å². The summed E-state index contributed by atoms with van der Waals surface area (Å²) in [5.74, 6) is 3.47. The highest BCUT2D eigenvalue weighted by Gasteiger charge is 2.26. The van der Waals surface area contributed by atoms with E-state index in [1.54, 1.807) is 11.1 Å². The summed E-state index contributed by atoms with van der Waals surface area (Å²) in [4.78, 5) is 16.0. The van der Waals surface area contributed by atoms with Gasteiger partial charge in [-0.3, -0.25) is 0 Å². The molecule has 1 aromatic heterocycles. The molecule has 2 saturated carbocycles. The Bertz CT molecular complexity index is 2390. The van der Waals surface area contributed by atoms with E-state index in [0.717, 1.165) is 16.7 Å². The fourth-order valence-electron chi connectivity index (χ4n) is 9.89. The molecule has 0 saturated heterocycles. The first-order valence-electron chi connectivity index (χ1n) is 24.6. The van der Waals surface area contributed by atoms with Crippen LogP contribution in [0.2, 0.25) is 0 Å². The molecule has 334 valence electrons. The molecule has 0 N–H and O–H groups in total. The number of aromatic nitrogens is 3. The zero-order valence-corrected chi connectivity index (χ0v) is 41.4. The molecule has 1 heterocycles. The molecule has 0 bridgehead atoms. The van der Waals surface area contributed by atoms with Crippen molar-refractivity contribution in [1.82, 2.24) is 15.0 Å². The zero-order valence-electron chi connectivity index (χ0n) is 41.4. The van der Waals surface area contributed by atoms with Gasteiger partial charge in [0.05, 0.1) is 0 Å². The third-order valence-electron chi connectivity index (χ3n) is 14.3. The predicted octanol–water partition coefficient (Wildman–Crippen LogP) is 17.5. The highest BCUT2D eigenvalue weighted by Crippen LogP contribution is 2.42. The molecule has 5 aromatic carbocycles. The highest BCUT2D eigenvalue weighted by molar-refractivity contribution is 5.76. The molecule has 6 aromatic rings. The van der Waals surface area contributed by atoms with Crippen molar-refractivity contribution in [3.8, 4) is 56.4 Å². The average molecular weight is 850 g/mol. The Balaban J connectivity index is 1.22. The van der Waals surface area contributed by atoms with Crippen LogP contribution in [-0.2, 0) is 21.7 Å². The minimum absolute atomic E-state index is 0.0413. The zero-order chi connectivity index (χ0) is 45.6. The van der Waals surface area contributed by atoms with Crippen LogP contribution in [0.25, 0.3) is 56.4 Å². The lowest BCUT2D eigenvalue weighted by Crippen LogP contribution is -2.17. The Labute approximate surface area is 387 Å². The third-order valence-corrected chi connectivity index (χ3v) is 14.3. The van der Waals surface area contributed by atoms with Crippen LogP contribution in [0.3, 0.4) is 0 Å². The van der Waals surface area contributed by atoms with Crippen molar-refractivity contribution < 1.29 is 0 Å². The van der Waals surface area contributed by atoms with Gasteiger partial charge in [-0.15, -0.1) is 0 Å². The van der Waals surface area contributed by atoms with E-state index < -0.39 is 0 Å². The topological polar surface area (TPSA) is 38.7 Å². The first-order valence-corrected chi connectivity index (χ1v) is 24.6. The van der Waals surface area contributed by atoms with Crippen LogP contribution in [0.4, 0.5) is 0 Å². The van der Waals surface area contributed by atoms with E-state index in [9.17, 15) is 0 Å². The van der Waals surface area contributed by atoms with Crippen molar-refractivity contribution in [2.75, 3.05) is 0 Å². The average Bonchev–Trinajstić information content (AvgIpc) is 3.28. The maximum absolute atomic E-state index is 5.35. The summed E-state index contributed by atoms with van der Waals surface area (Å²) >= 11 is 0. The Morgan fingerprint density at radius 3 is 1.03 bits per heavy atom. The minimum Gasteiger partial charge on any atom is -0.208 e. The van der Waals surface area contributed by atoms with Crippen LogP contribution in [0.5, 0.6) is 0 Å². The summed E-state index contributed by atoms with van der Waals surface area (Å²) in [6.45, 7) is 27.4. The van der Waals surface area contributed by atoms with Gasteiger partial charge in [-0.05, 0) is 145 Å². The molecule has 3 heteroatoms. The number of hydrogen-bond acceptors (Lipinski definition) is 3. The third kappa shape index (κ3) is 10.5. The second kappa shape index (κ2) is 17.8. The van der Waals surface area contributed by atoms with Gasteiger partial charge in [0.25, 0.3) is 0 Å². The molecular weight excluding hydrogens is 775 g/mol. The maximum atomic E-state index is 5.35. The fraction of sp³-hybridized carbons (Fsp3) is 0.459. The van der Waals surface area contributed by atoms with Gasteiger partial charge in [-0.25, -0.2) is 15.0 Å². The maximum Gasteiger partial charge on any atom is 0.164 e. The van der Waals surface area contributed by atoms with Gasteiger partial charge in [-0.1, -0.05) is 194 Å². The normalized spacial score (nSPS) is 16.0. The smallest absolute Gasteiger partial charge is 0.164 e. The summed E-state index contributed by atoms with van der Waals surface area (Å²) in [5, 5.41) is 0. The van der Waals surface area contributed by atoms with Gasteiger partial charge in [0.1, 0.15) is 0 Å². The van der Waals surface area contributed by atoms with Crippen molar-refractivity contribution in [2.24, 2.45) is 0 Å². The van der Waals surface area contributed by atoms with Gasteiger partial charge in [-0.2, -0.15) is 0 Å². The van der Waals surface area contributed by atoms with Gasteiger partial charge in [0, 0.05) is 16.7 Å². The number of nitrogens with zero attached hydrogens (tertiary/aromatic N) is 3. The van der Waals surface area contributed by atoms with E-state index in [-0.39, 0.29) is 21.7 Å². The highest BCUT2D eigenvalue weighted by atomic mass is 15.0. The lowest BCUT2D eigenvalue weighted by atomic mass is 9.78. The molecule has 2 fully saturated rings.